The number of hydrogen-bond donors (Lipinski definition) is 1. The molecule has 1 amide bonds. The van der Waals surface area contributed by atoms with Gasteiger partial charge in [-0.05, 0) is 44.0 Å². The van der Waals surface area contributed by atoms with Crippen LogP contribution in [0.3, 0.4) is 0 Å². The number of nitrogens with one attached hydrogen (secondary N) is 1. The van der Waals surface area contributed by atoms with E-state index < -0.39 is 0 Å². The van der Waals surface area contributed by atoms with E-state index in [2.05, 4.69) is 26.3 Å². The predicted octanol–water partition coefficient (Wildman–Crippen LogP) is 3.01. The van der Waals surface area contributed by atoms with Crippen LogP contribution in [0.5, 0.6) is 0 Å². The van der Waals surface area contributed by atoms with Gasteiger partial charge >= 0.3 is 0 Å². The fourth-order valence-electron chi connectivity index (χ4n) is 2.87. The number of quaternary nitrogens is 1. The fraction of sp³-hybridized carbons (Fsp3) is 0.562. The first-order valence-electron chi connectivity index (χ1n) is 7.15. The number of rotatable bonds is 4. The number of nitrogens with zero attached hydrogens (tertiary/aromatic N) is 1. The van der Waals surface area contributed by atoms with Gasteiger partial charge in [-0.1, -0.05) is 0 Å². The number of aryl methyl sites for hydroxylation is 2. The molecule has 1 aromatic carbocycles. The second kappa shape index (κ2) is 6.43. The van der Waals surface area contributed by atoms with Gasteiger partial charge in [0.1, 0.15) is 5.82 Å². The molecule has 0 saturated heterocycles. The van der Waals surface area contributed by atoms with Crippen molar-refractivity contribution < 1.29 is 46.4 Å². The molecule has 5 heteroatoms. The summed E-state index contributed by atoms with van der Waals surface area (Å²) in [6.45, 7) is 6.66. The van der Waals surface area contributed by atoms with E-state index in [0.717, 1.165) is 36.2 Å². The number of carbonyl (C=O) groups excluding carboxylic acids is 1. The minimum absolute atomic E-state index is 0. The summed E-state index contributed by atoms with van der Waals surface area (Å²) in [4.78, 5) is 12.7. The number of carbonyl (C=O) groups is 1. The van der Waals surface area contributed by atoms with E-state index in [4.69, 9.17) is 0 Å². The maximum absolute atomic E-state index is 13.3. The van der Waals surface area contributed by atoms with Gasteiger partial charge in [0.05, 0.1) is 20.6 Å². The maximum Gasteiger partial charge on any atom is 0.285 e. The predicted molar refractivity (Wildman–Crippen MR) is 79.1 cm³/mol. The first kappa shape index (κ1) is 18.7. The van der Waals surface area contributed by atoms with Crippen molar-refractivity contribution in [2.45, 2.75) is 39.2 Å². The molecule has 1 aromatic rings. The standard InChI is InChI=1S/C16H23FN2O.Y/c1-6-19(4,5)16(7-8-16)15(20)18-14-11(2)9-13(17)10-12(14)3;/h9-10H,6-8H2,1-5H3;/p+1. The Morgan fingerprint density at radius 2 is 1.76 bits per heavy atom. The van der Waals surface area contributed by atoms with Crippen molar-refractivity contribution >= 4 is 11.6 Å². The van der Waals surface area contributed by atoms with Crippen molar-refractivity contribution in [3.05, 3.63) is 29.1 Å². The van der Waals surface area contributed by atoms with Crippen LogP contribution in [0.1, 0.15) is 30.9 Å². The van der Waals surface area contributed by atoms with Crippen LogP contribution in [0.25, 0.3) is 0 Å². The smallest absolute Gasteiger partial charge is 0.285 e. The molecule has 3 nitrogen and oxygen atoms in total. The first-order valence-corrected chi connectivity index (χ1v) is 7.15. The van der Waals surface area contributed by atoms with Crippen molar-refractivity contribution in [1.82, 2.24) is 0 Å². The van der Waals surface area contributed by atoms with Gasteiger partial charge in [0, 0.05) is 51.2 Å². The van der Waals surface area contributed by atoms with Gasteiger partial charge < -0.3 is 9.80 Å². The second-order valence-electron chi connectivity index (χ2n) is 6.40. The minimum atomic E-state index is -0.317. The Hall–Kier alpha value is -0.316. The molecule has 1 N–H and O–H groups in total. The van der Waals surface area contributed by atoms with Crippen molar-refractivity contribution in [1.29, 1.82) is 0 Å². The number of halogens is 1. The molecule has 1 saturated carbocycles. The van der Waals surface area contributed by atoms with Gasteiger partial charge in [-0.15, -0.1) is 0 Å². The normalized spacial score (nSPS) is 16.1. The molecule has 0 bridgehead atoms. The summed E-state index contributed by atoms with van der Waals surface area (Å²) in [5.41, 5.74) is 1.97. The van der Waals surface area contributed by atoms with Crippen LogP contribution in [0.15, 0.2) is 12.1 Å². The zero-order valence-corrected chi connectivity index (χ0v) is 16.4. The number of anilines is 1. The van der Waals surface area contributed by atoms with Gasteiger partial charge in [0.2, 0.25) is 0 Å². The molecule has 1 fully saturated rings. The average Bonchev–Trinajstić information content (AvgIpc) is 3.15. The molecule has 113 valence electrons. The molecule has 0 atom stereocenters. The van der Waals surface area contributed by atoms with Crippen LogP contribution in [-0.4, -0.2) is 36.6 Å². The van der Waals surface area contributed by atoms with Crippen LogP contribution in [-0.2, 0) is 37.5 Å². The Balaban J connectivity index is 0.00000220. The quantitative estimate of drug-likeness (QED) is 0.814. The molecule has 0 spiro atoms. The largest absolute Gasteiger partial charge is 0.320 e. The van der Waals surface area contributed by atoms with E-state index >= 15 is 0 Å². The van der Waals surface area contributed by atoms with Gasteiger partial charge in [-0.2, -0.15) is 0 Å². The van der Waals surface area contributed by atoms with Gasteiger partial charge in [0.25, 0.3) is 5.91 Å². The third kappa shape index (κ3) is 3.38. The number of benzene rings is 1. The SMILES string of the molecule is CC[N+](C)(C)C1(C(=O)Nc2c(C)cc(F)cc2C)CC1.[Y]. The molecule has 21 heavy (non-hydrogen) atoms. The van der Waals surface area contributed by atoms with Crippen LogP contribution >= 0.6 is 0 Å². The van der Waals surface area contributed by atoms with E-state index in [0.29, 0.717) is 4.48 Å². The Morgan fingerprint density at radius 1 is 1.29 bits per heavy atom. The third-order valence-corrected chi connectivity index (χ3v) is 4.83. The molecule has 0 unspecified atom stereocenters. The monoisotopic (exact) mass is 368 g/mol. The number of hydrogen-bond acceptors (Lipinski definition) is 1. The van der Waals surface area contributed by atoms with Crippen LogP contribution in [0.4, 0.5) is 10.1 Å². The van der Waals surface area contributed by atoms with E-state index in [1.807, 2.05) is 13.8 Å². The van der Waals surface area contributed by atoms with Crippen molar-refractivity contribution in [3.63, 3.8) is 0 Å². The Labute approximate surface area is 151 Å². The molecular formula is C16H24FN2OY+. The summed E-state index contributed by atoms with van der Waals surface area (Å²) >= 11 is 0. The van der Waals surface area contributed by atoms with Crippen LogP contribution in [0, 0.1) is 19.7 Å². The Morgan fingerprint density at radius 3 is 2.14 bits per heavy atom. The van der Waals surface area contributed by atoms with E-state index in [-0.39, 0.29) is 50.0 Å². The van der Waals surface area contributed by atoms with E-state index in [9.17, 15) is 9.18 Å². The molecule has 0 heterocycles. The topological polar surface area (TPSA) is 29.1 Å². The second-order valence-corrected chi connectivity index (χ2v) is 6.40. The molecule has 2 rings (SSSR count). The summed E-state index contributed by atoms with van der Waals surface area (Å²) in [5.74, 6) is -0.203. The molecule has 1 radical (unpaired) electrons. The maximum atomic E-state index is 13.3. The molecule has 1 aliphatic rings. The molecule has 0 aromatic heterocycles. The molecule has 0 aliphatic heterocycles. The molecule has 1 aliphatic carbocycles. The number of amides is 1. The average molecular weight is 368 g/mol. The summed E-state index contributed by atoms with van der Waals surface area (Å²) in [7, 11) is 4.19. The van der Waals surface area contributed by atoms with Gasteiger partial charge in [-0.3, -0.25) is 4.79 Å². The summed E-state index contributed by atoms with van der Waals surface area (Å²) in [6, 6.07) is 2.92. The van der Waals surface area contributed by atoms with Gasteiger partial charge in [-0.25, -0.2) is 4.39 Å². The zero-order chi connectivity index (χ0) is 15.1. The van der Waals surface area contributed by atoms with E-state index in [1.165, 1.54) is 12.1 Å². The van der Waals surface area contributed by atoms with E-state index in [1.54, 1.807) is 0 Å². The Kier molecular flexibility index (Phi) is 5.74. The van der Waals surface area contributed by atoms with Crippen molar-refractivity contribution in [2.75, 3.05) is 26.0 Å². The third-order valence-electron chi connectivity index (χ3n) is 4.83. The minimum Gasteiger partial charge on any atom is -0.320 e. The number of likely N-dealkylation sites (N-methyl/N-ethyl adjacent to an activating group) is 1. The first-order chi connectivity index (χ1) is 9.23. The van der Waals surface area contributed by atoms with Crippen LogP contribution in [0.2, 0.25) is 0 Å². The molecular weight excluding hydrogens is 344 g/mol. The zero-order valence-electron chi connectivity index (χ0n) is 13.6. The fourth-order valence-corrected chi connectivity index (χ4v) is 2.87. The summed E-state index contributed by atoms with van der Waals surface area (Å²) < 4.78 is 14.0. The van der Waals surface area contributed by atoms with Gasteiger partial charge in [0.15, 0.2) is 5.54 Å². The van der Waals surface area contributed by atoms with Crippen molar-refractivity contribution in [3.8, 4) is 0 Å². The summed E-state index contributed by atoms with van der Waals surface area (Å²) in [6.07, 6.45) is 1.83. The van der Waals surface area contributed by atoms with Crippen molar-refractivity contribution in [2.24, 2.45) is 0 Å². The van der Waals surface area contributed by atoms with Crippen LogP contribution < -0.4 is 5.32 Å². The summed E-state index contributed by atoms with van der Waals surface area (Å²) in [5, 5.41) is 3.03. The Bertz CT molecular complexity index is 530.